The number of benzene rings is 2. The summed E-state index contributed by atoms with van der Waals surface area (Å²) in [6, 6.07) is 14.8. The lowest BCUT2D eigenvalue weighted by Gasteiger charge is -2.12. The number of hydrogen-bond acceptors (Lipinski definition) is 4. The molecule has 0 aliphatic rings. The van der Waals surface area contributed by atoms with Crippen molar-refractivity contribution in [2.75, 3.05) is 5.32 Å². The Labute approximate surface area is 176 Å². The number of aromatic nitrogens is 3. The van der Waals surface area contributed by atoms with Gasteiger partial charge >= 0.3 is 0 Å². The van der Waals surface area contributed by atoms with Crippen LogP contribution in [0, 0.1) is 13.8 Å². The highest BCUT2D eigenvalue weighted by Crippen LogP contribution is 2.32. The summed E-state index contributed by atoms with van der Waals surface area (Å²) in [4.78, 5) is 18.0. The zero-order chi connectivity index (χ0) is 20.7. The van der Waals surface area contributed by atoms with Crippen LogP contribution in [-0.4, -0.2) is 25.8 Å². The van der Waals surface area contributed by atoms with E-state index in [-0.39, 0.29) is 11.7 Å². The van der Waals surface area contributed by atoms with Crippen LogP contribution < -0.4 is 5.32 Å². The Hall–Kier alpha value is -3.19. The second kappa shape index (κ2) is 7.33. The van der Waals surface area contributed by atoms with Crippen molar-refractivity contribution in [3.05, 3.63) is 69.8 Å². The van der Waals surface area contributed by atoms with Gasteiger partial charge in [0.1, 0.15) is 5.75 Å². The average molecular weight is 451 g/mol. The van der Waals surface area contributed by atoms with Gasteiger partial charge in [0.2, 0.25) is 0 Å². The second-order valence-corrected chi connectivity index (χ2v) is 7.76. The Bertz CT molecular complexity index is 1250. The predicted molar refractivity (Wildman–Crippen MR) is 117 cm³/mol. The molecular weight excluding hydrogens is 432 g/mol. The molecule has 0 aliphatic carbocycles. The number of aromatic hydroxyl groups is 1. The molecule has 4 rings (SSSR count). The molecule has 0 atom stereocenters. The number of phenolic OH excluding ortho intramolecular Hbond substituents is 1. The van der Waals surface area contributed by atoms with Crippen LogP contribution in [0.15, 0.2) is 53.0 Å². The third-order valence-electron chi connectivity index (χ3n) is 4.82. The summed E-state index contributed by atoms with van der Waals surface area (Å²) < 4.78 is 2.21. The van der Waals surface area contributed by atoms with E-state index in [1.165, 1.54) is 0 Å². The van der Waals surface area contributed by atoms with Crippen molar-refractivity contribution in [3.63, 3.8) is 0 Å². The molecule has 0 bridgehead atoms. The van der Waals surface area contributed by atoms with E-state index >= 15 is 0 Å². The minimum atomic E-state index is -0.258. The maximum absolute atomic E-state index is 13.3. The van der Waals surface area contributed by atoms with E-state index in [0.717, 1.165) is 22.2 Å². The van der Waals surface area contributed by atoms with E-state index in [9.17, 15) is 9.90 Å². The summed E-state index contributed by atoms with van der Waals surface area (Å²) in [5.41, 5.74) is 4.90. The third-order valence-corrected chi connectivity index (χ3v) is 5.46. The SMILES string of the molecule is Cc1cc(O)c(Br)cc1NC(=O)c1cc(-c2ccccc2)nc2c1c(C)nn2C. The van der Waals surface area contributed by atoms with Crippen molar-refractivity contribution in [2.45, 2.75) is 13.8 Å². The number of carbonyl (C=O) groups excluding carboxylic acids is 1. The summed E-state index contributed by atoms with van der Waals surface area (Å²) in [6.45, 7) is 3.69. The number of nitrogens with one attached hydrogen (secondary N) is 1. The molecule has 0 fully saturated rings. The standard InChI is InChI=1S/C22H19BrN4O2/c1-12-9-19(28)16(23)11-17(12)25-22(29)15-10-18(14-7-5-4-6-8-14)24-21-20(15)13(2)26-27(21)3/h4-11,28H,1-3H3,(H,25,29). The largest absolute Gasteiger partial charge is 0.507 e. The smallest absolute Gasteiger partial charge is 0.256 e. The fraction of sp³-hybridized carbons (Fsp3) is 0.136. The van der Waals surface area contributed by atoms with E-state index < -0.39 is 0 Å². The number of amides is 1. The van der Waals surface area contributed by atoms with Crippen LogP contribution in [0.3, 0.4) is 0 Å². The zero-order valence-electron chi connectivity index (χ0n) is 16.2. The number of hydrogen-bond donors (Lipinski definition) is 2. The van der Waals surface area contributed by atoms with Crippen molar-refractivity contribution in [2.24, 2.45) is 7.05 Å². The lowest BCUT2D eigenvalue weighted by Crippen LogP contribution is -2.14. The number of anilines is 1. The molecule has 0 aliphatic heterocycles. The van der Waals surface area contributed by atoms with Crippen LogP contribution in [0.25, 0.3) is 22.3 Å². The predicted octanol–water partition coefficient (Wildman–Crippen LogP) is 4.97. The van der Waals surface area contributed by atoms with E-state index in [1.54, 1.807) is 22.9 Å². The molecule has 2 aromatic carbocycles. The molecule has 2 aromatic heterocycles. The summed E-state index contributed by atoms with van der Waals surface area (Å²) >= 11 is 3.30. The van der Waals surface area contributed by atoms with Gasteiger partial charge in [-0.2, -0.15) is 5.10 Å². The number of aryl methyl sites for hydroxylation is 3. The molecule has 0 saturated carbocycles. The Morgan fingerprint density at radius 2 is 1.86 bits per heavy atom. The molecule has 1 amide bonds. The van der Waals surface area contributed by atoms with Gasteiger partial charge in [-0.05, 0) is 53.5 Å². The highest BCUT2D eigenvalue weighted by Gasteiger charge is 2.20. The van der Waals surface area contributed by atoms with Crippen LogP contribution in [0.1, 0.15) is 21.6 Å². The lowest BCUT2D eigenvalue weighted by molar-refractivity contribution is 0.102. The number of rotatable bonds is 3. The molecule has 4 aromatic rings. The Kier molecular flexibility index (Phi) is 4.84. The molecule has 29 heavy (non-hydrogen) atoms. The zero-order valence-corrected chi connectivity index (χ0v) is 17.8. The molecular formula is C22H19BrN4O2. The first-order valence-electron chi connectivity index (χ1n) is 9.05. The number of pyridine rings is 1. The monoisotopic (exact) mass is 450 g/mol. The molecule has 0 saturated heterocycles. The summed E-state index contributed by atoms with van der Waals surface area (Å²) in [5, 5.41) is 18.0. The number of nitrogens with zero attached hydrogens (tertiary/aromatic N) is 3. The number of carbonyl (C=O) groups is 1. The lowest BCUT2D eigenvalue weighted by atomic mass is 10.0. The van der Waals surface area contributed by atoms with Gasteiger partial charge in [0.25, 0.3) is 5.91 Å². The van der Waals surface area contributed by atoms with Gasteiger partial charge in [0.15, 0.2) is 5.65 Å². The van der Waals surface area contributed by atoms with E-state index in [1.807, 2.05) is 51.2 Å². The highest BCUT2D eigenvalue weighted by atomic mass is 79.9. The summed E-state index contributed by atoms with van der Waals surface area (Å²) in [7, 11) is 1.82. The first-order valence-corrected chi connectivity index (χ1v) is 9.84. The van der Waals surface area contributed by atoms with Gasteiger partial charge in [0, 0.05) is 18.3 Å². The first kappa shape index (κ1) is 19.1. The van der Waals surface area contributed by atoms with Gasteiger partial charge < -0.3 is 10.4 Å². The van der Waals surface area contributed by atoms with Crippen molar-refractivity contribution in [3.8, 4) is 17.0 Å². The Balaban J connectivity index is 1.86. The molecule has 146 valence electrons. The molecule has 0 unspecified atom stereocenters. The third kappa shape index (κ3) is 3.49. The second-order valence-electron chi connectivity index (χ2n) is 6.90. The maximum atomic E-state index is 13.3. The minimum absolute atomic E-state index is 0.126. The quantitative estimate of drug-likeness (QED) is 0.431. The molecule has 0 spiro atoms. The average Bonchev–Trinajstić information content (AvgIpc) is 3.00. The van der Waals surface area contributed by atoms with Crippen LogP contribution in [0.4, 0.5) is 5.69 Å². The molecule has 6 nitrogen and oxygen atoms in total. The van der Waals surface area contributed by atoms with Crippen LogP contribution in [-0.2, 0) is 7.05 Å². The fourth-order valence-electron chi connectivity index (χ4n) is 3.37. The molecule has 2 N–H and O–H groups in total. The molecule has 0 radical (unpaired) electrons. The number of phenols is 1. The van der Waals surface area contributed by atoms with Gasteiger partial charge in [-0.25, -0.2) is 4.98 Å². The summed E-state index contributed by atoms with van der Waals surface area (Å²) in [5.74, 6) is -0.132. The van der Waals surface area contributed by atoms with Gasteiger partial charge in [0.05, 0.1) is 26.8 Å². The topological polar surface area (TPSA) is 80.0 Å². The first-order chi connectivity index (χ1) is 13.8. The van der Waals surface area contributed by atoms with Crippen LogP contribution in [0.5, 0.6) is 5.75 Å². The molecule has 7 heteroatoms. The normalized spacial score (nSPS) is 11.0. The van der Waals surface area contributed by atoms with E-state index in [2.05, 4.69) is 26.3 Å². The van der Waals surface area contributed by atoms with Gasteiger partial charge in [-0.1, -0.05) is 30.3 Å². The Morgan fingerprint density at radius 1 is 1.14 bits per heavy atom. The van der Waals surface area contributed by atoms with Crippen molar-refractivity contribution < 1.29 is 9.90 Å². The van der Waals surface area contributed by atoms with Crippen LogP contribution >= 0.6 is 15.9 Å². The van der Waals surface area contributed by atoms with Crippen molar-refractivity contribution in [1.29, 1.82) is 0 Å². The van der Waals surface area contributed by atoms with Gasteiger partial charge in [-0.3, -0.25) is 9.48 Å². The number of halogens is 1. The minimum Gasteiger partial charge on any atom is -0.507 e. The van der Waals surface area contributed by atoms with E-state index in [4.69, 9.17) is 4.98 Å². The molecule has 2 heterocycles. The van der Waals surface area contributed by atoms with Gasteiger partial charge in [-0.15, -0.1) is 0 Å². The number of fused-ring (bicyclic) bond motifs is 1. The highest BCUT2D eigenvalue weighted by molar-refractivity contribution is 9.10. The van der Waals surface area contributed by atoms with Crippen molar-refractivity contribution >= 4 is 38.6 Å². The maximum Gasteiger partial charge on any atom is 0.256 e. The van der Waals surface area contributed by atoms with E-state index in [0.29, 0.717) is 27.1 Å². The Morgan fingerprint density at radius 3 is 2.59 bits per heavy atom. The van der Waals surface area contributed by atoms with Crippen molar-refractivity contribution in [1.82, 2.24) is 14.8 Å². The van der Waals surface area contributed by atoms with Crippen LogP contribution in [0.2, 0.25) is 0 Å². The fourth-order valence-corrected chi connectivity index (χ4v) is 3.71. The summed E-state index contributed by atoms with van der Waals surface area (Å²) in [6.07, 6.45) is 0.